The van der Waals surface area contributed by atoms with Crippen molar-refractivity contribution in [2.45, 2.75) is 31.7 Å². The van der Waals surface area contributed by atoms with Gasteiger partial charge in [0.25, 0.3) is 0 Å². The van der Waals surface area contributed by atoms with Crippen LogP contribution in [0.5, 0.6) is 0 Å². The Labute approximate surface area is 140 Å². The first-order valence-corrected chi connectivity index (χ1v) is 8.44. The Morgan fingerprint density at radius 3 is 2.29 bits per heavy atom. The third kappa shape index (κ3) is 3.27. The number of hydrogen-bond acceptors (Lipinski definition) is 3. The zero-order valence-electron chi connectivity index (χ0n) is 13.5. The second kappa shape index (κ2) is 7.03. The van der Waals surface area contributed by atoms with E-state index in [1.165, 1.54) is 0 Å². The van der Waals surface area contributed by atoms with Crippen LogP contribution < -0.4 is 5.32 Å². The van der Waals surface area contributed by atoms with Crippen molar-refractivity contribution in [3.8, 4) is 0 Å². The molecule has 0 aromatic heterocycles. The molecule has 1 aromatic rings. The van der Waals surface area contributed by atoms with Gasteiger partial charge in [-0.05, 0) is 31.2 Å². The van der Waals surface area contributed by atoms with Gasteiger partial charge in [0.05, 0.1) is 5.92 Å². The van der Waals surface area contributed by atoms with Gasteiger partial charge in [0.1, 0.15) is 6.04 Å². The third-order valence-corrected chi connectivity index (χ3v) is 5.04. The minimum Gasteiger partial charge on any atom is -0.481 e. The van der Waals surface area contributed by atoms with Crippen LogP contribution in [-0.2, 0) is 14.4 Å². The van der Waals surface area contributed by atoms with E-state index in [2.05, 4.69) is 5.32 Å². The highest BCUT2D eigenvalue weighted by Crippen LogP contribution is 2.33. The van der Waals surface area contributed by atoms with Crippen LogP contribution in [-0.4, -0.2) is 40.9 Å². The summed E-state index contributed by atoms with van der Waals surface area (Å²) in [4.78, 5) is 38.0. The van der Waals surface area contributed by atoms with Gasteiger partial charge in [-0.15, -0.1) is 0 Å². The molecule has 128 valence electrons. The average Bonchev–Trinajstić information content (AvgIpc) is 2.61. The summed E-state index contributed by atoms with van der Waals surface area (Å²) in [5.74, 6) is -1.48. The van der Waals surface area contributed by atoms with Crippen molar-refractivity contribution in [2.75, 3.05) is 13.1 Å². The summed E-state index contributed by atoms with van der Waals surface area (Å²) in [6.07, 6.45) is 2.22. The summed E-state index contributed by atoms with van der Waals surface area (Å²) in [6.45, 7) is 0.946. The number of nitrogens with zero attached hydrogens (tertiary/aromatic N) is 1. The maximum Gasteiger partial charge on any atom is 0.306 e. The van der Waals surface area contributed by atoms with Gasteiger partial charge in [-0.3, -0.25) is 14.4 Å². The van der Waals surface area contributed by atoms with Crippen molar-refractivity contribution in [1.82, 2.24) is 10.2 Å². The molecule has 2 N–H and O–H groups in total. The van der Waals surface area contributed by atoms with Gasteiger partial charge in [0, 0.05) is 19.0 Å². The van der Waals surface area contributed by atoms with Gasteiger partial charge in [-0.2, -0.15) is 0 Å². The molecule has 3 rings (SSSR count). The Bertz CT molecular complexity index is 623. The van der Waals surface area contributed by atoms with Gasteiger partial charge < -0.3 is 15.3 Å². The smallest absolute Gasteiger partial charge is 0.306 e. The van der Waals surface area contributed by atoms with Gasteiger partial charge in [-0.25, -0.2) is 0 Å². The van der Waals surface area contributed by atoms with Crippen molar-refractivity contribution in [3.63, 3.8) is 0 Å². The molecule has 1 saturated heterocycles. The molecule has 0 bridgehead atoms. The maximum atomic E-state index is 13.0. The lowest BCUT2D eigenvalue weighted by Gasteiger charge is -2.38. The highest BCUT2D eigenvalue weighted by Gasteiger charge is 2.38. The molecule has 2 fully saturated rings. The SMILES string of the molecule is O=C(O)C1CCC(C(=O)N2CCNC(=O)[C@@H]2c2ccccc2)CC1. The summed E-state index contributed by atoms with van der Waals surface area (Å²) in [5.41, 5.74) is 0.808. The number of aliphatic carboxylic acids is 1. The van der Waals surface area contributed by atoms with Crippen molar-refractivity contribution in [1.29, 1.82) is 0 Å². The van der Waals surface area contributed by atoms with Crippen LogP contribution in [0.15, 0.2) is 30.3 Å². The van der Waals surface area contributed by atoms with E-state index >= 15 is 0 Å². The fourth-order valence-corrected chi connectivity index (χ4v) is 3.69. The fourth-order valence-electron chi connectivity index (χ4n) is 3.69. The number of carboxylic acids is 1. The number of nitrogens with one attached hydrogen (secondary N) is 1. The Morgan fingerprint density at radius 2 is 1.67 bits per heavy atom. The molecule has 1 atom stereocenters. The first kappa shape index (κ1) is 16.5. The van der Waals surface area contributed by atoms with Gasteiger partial charge in [0.2, 0.25) is 11.8 Å². The summed E-state index contributed by atoms with van der Waals surface area (Å²) < 4.78 is 0. The molecule has 6 nitrogen and oxygen atoms in total. The van der Waals surface area contributed by atoms with Crippen molar-refractivity contribution >= 4 is 17.8 Å². The number of benzene rings is 1. The van der Waals surface area contributed by atoms with Crippen molar-refractivity contribution in [2.24, 2.45) is 11.8 Å². The molecule has 2 amide bonds. The summed E-state index contributed by atoms with van der Waals surface area (Å²) in [5, 5.41) is 11.9. The van der Waals surface area contributed by atoms with E-state index in [1.807, 2.05) is 30.3 Å². The van der Waals surface area contributed by atoms with E-state index in [1.54, 1.807) is 4.90 Å². The molecular weight excluding hydrogens is 308 g/mol. The highest BCUT2D eigenvalue weighted by molar-refractivity contribution is 5.90. The monoisotopic (exact) mass is 330 g/mol. The number of carboxylic acid groups (broad SMARTS) is 1. The van der Waals surface area contributed by atoms with Gasteiger partial charge in [0.15, 0.2) is 0 Å². The largest absolute Gasteiger partial charge is 0.481 e. The summed E-state index contributed by atoms with van der Waals surface area (Å²) in [6, 6.07) is 8.72. The number of carbonyl (C=O) groups excluding carboxylic acids is 2. The predicted molar refractivity (Wildman–Crippen MR) is 87.0 cm³/mol. The van der Waals surface area contributed by atoms with E-state index < -0.39 is 12.0 Å². The molecule has 1 saturated carbocycles. The molecule has 6 heteroatoms. The van der Waals surface area contributed by atoms with Crippen molar-refractivity contribution in [3.05, 3.63) is 35.9 Å². The molecule has 2 aliphatic rings. The van der Waals surface area contributed by atoms with Crippen LogP contribution in [0.4, 0.5) is 0 Å². The molecule has 1 aliphatic heterocycles. The van der Waals surface area contributed by atoms with E-state index in [0.717, 1.165) is 5.56 Å². The van der Waals surface area contributed by atoms with E-state index in [9.17, 15) is 14.4 Å². The van der Waals surface area contributed by atoms with Gasteiger partial charge in [-0.1, -0.05) is 30.3 Å². The van der Waals surface area contributed by atoms with Crippen LogP contribution in [0.3, 0.4) is 0 Å². The lowest BCUT2D eigenvalue weighted by Crippen LogP contribution is -2.53. The molecule has 1 heterocycles. The molecule has 0 unspecified atom stereocenters. The third-order valence-electron chi connectivity index (χ3n) is 5.04. The minimum atomic E-state index is -0.777. The molecule has 1 aliphatic carbocycles. The van der Waals surface area contributed by atoms with Crippen LogP contribution in [0, 0.1) is 11.8 Å². The zero-order valence-corrected chi connectivity index (χ0v) is 13.5. The maximum absolute atomic E-state index is 13.0. The van der Waals surface area contributed by atoms with E-state index in [4.69, 9.17) is 5.11 Å². The van der Waals surface area contributed by atoms with E-state index in [-0.39, 0.29) is 23.7 Å². The number of hydrogen-bond donors (Lipinski definition) is 2. The van der Waals surface area contributed by atoms with Crippen LogP contribution in [0.1, 0.15) is 37.3 Å². The number of carbonyl (C=O) groups is 3. The highest BCUT2D eigenvalue weighted by atomic mass is 16.4. The summed E-state index contributed by atoms with van der Waals surface area (Å²) in [7, 11) is 0. The number of amides is 2. The van der Waals surface area contributed by atoms with Crippen LogP contribution in [0.2, 0.25) is 0 Å². The first-order chi connectivity index (χ1) is 11.6. The first-order valence-electron chi connectivity index (χ1n) is 8.44. The molecule has 0 radical (unpaired) electrons. The summed E-state index contributed by atoms with van der Waals surface area (Å²) >= 11 is 0. The van der Waals surface area contributed by atoms with Crippen LogP contribution >= 0.6 is 0 Å². The standard InChI is InChI=1S/C18H22N2O4/c21-16-15(12-4-2-1-3-5-12)20(11-10-19-16)17(22)13-6-8-14(9-7-13)18(23)24/h1-5,13-15H,6-11H2,(H,19,21)(H,23,24)/t13?,14?,15-/m0/s1. The molecule has 24 heavy (non-hydrogen) atoms. The molecular formula is C18H22N2O4. The Hall–Kier alpha value is -2.37. The Morgan fingerprint density at radius 1 is 1.04 bits per heavy atom. The number of rotatable bonds is 3. The molecule has 0 spiro atoms. The van der Waals surface area contributed by atoms with Crippen molar-refractivity contribution < 1.29 is 19.5 Å². The predicted octanol–water partition coefficient (Wildman–Crippen LogP) is 1.58. The Kier molecular flexibility index (Phi) is 4.83. The fraction of sp³-hybridized carbons (Fsp3) is 0.500. The average molecular weight is 330 g/mol. The van der Waals surface area contributed by atoms with E-state index in [0.29, 0.717) is 38.8 Å². The van der Waals surface area contributed by atoms with Gasteiger partial charge >= 0.3 is 5.97 Å². The van der Waals surface area contributed by atoms with Crippen LogP contribution in [0.25, 0.3) is 0 Å². The molecule has 1 aromatic carbocycles. The normalized spacial score (nSPS) is 27.4. The topological polar surface area (TPSA) is 86.7 Å². The lowest BCUT2D eigenvalue weighted by molar-refractivity contribution is -0.149. The second-order valence-electron chi connectivity index (χ2n) is 6.52. The Balaban J connectivity index is 1.75. The second-order valence-corrected chi connectivity index (χ2v) is 6.52. The quantitative estimate of drug-likeness (QED) is 0.881. The lowest BCUT2D eigenvalue weighted by atomic mass is 9.81. The minimum absolute atomic E-state index is 0.0254. The number of piperazine rings is 1. The zero-order chi connectivity index (χ0) is 17.1.